The molecule has 21 heavy (non-hydrogen) atoms. The molecule has 0 aliphatic carbocycles. The van der Waals surface area contributed by atoms with Gasteiger partial charge in [0.1, 0.15) is 11.6 Å². The fourth-order valence-corrected chi connectivity index (χ4v) is 2.46. The van der Waals surface area contributed by atoms with E-state index >= 15 is 0 Å². The molecular weight excluding hydrogens is 274 g/mol. The number of nitrogens with one attached hydrogen (secondary N) is 1. The van der Waals surface area contributed by atoms with Crippen molar-refractivity contribution in [1.29, 1.82) is 0 Å². The summed E-state index contributed by atoms with van der Waals surface area (Å²) in [6.45, 7) is 8.34. The van der Waals surface area contributed by atoms with Crippen LogP contribution in [0.2, 0.25) is 0 Å². The smallest absolute Gasteiger partial charge is 0.194 e. The van der Waals surface area contributed by atoms with Crippen LogP contribution >= 0.6 is 0 Å². The van der Waals surface area contributed by atoms with E-state index in [9.17, 15) is 8.78 Å². The van der Waals surface area contributed by atoms with E-state index in [0.29, 0.717) is 18.8 Å². The lowest BCUT2D eigenvalue weighted by Gasteiger charge is -2.37. The minimum atomic E-state index is -0.408. The summed E-state index contributed by atoms with van der Waals surface area (Å²) >= 11 is 0. The molecule has 1 saturated heterocycles. The molecule has 0 bridgehead atoms. The number of hydrogen-bond acceptors (Lipinski definition) is 2. The number of nitrogens with zero attached hydrogens (tertiary/aromatic N) is 3. The molecule has 0 unspecified atom stereocenters. The summed E-state index contributed by atoms with van der Waals surface area (Å²) in [6, 6.07) is 3.59. The molecule has 0 atom stereocenters. The SMILES string of the molecule is CCN=C(NCC)N1CCN(c2cc(F)ccc2F)CC1. The van der Waals surface area contributed by atoms with E-state index in [1.54, 1.807) is 0 Å². The Hall–Kier alpha value is -1.85. The highest BCUT2D eigenvalue weighted by Gasteiger charge is 2.21. The fraction of sp³-hybridized carbons (Fsp3) is 0.533. The third-order valence-corrected chi connectivity index (χ3v) is 3.47. The van der Waals surface area contributed by atoms with Gasteiger partial charge in [0, 0.05) is 45.3 Å². The van der Waals surface area contributed by atoms with Gasteiger partial charge in [-0.25, -0.2) is 8.78 Å². The Labute approximate surface area is 124 Å². The summed E-state index contributed by atoms with van der Waals surface area (Å²) in [7, 11) is 0. The lowest BCUT2D eigenvalue weighted by Crippen LogP contribution is -2.52. The van der Waals surface area contributed by atoms with E-state index in [1.165, 1.54) is 12.1 Å². The molecule has 1 aliphatic heterocycles. The molecule has 0 spiro atoms. The van der Waals surface area contributed by atoms with Crippen LogP contribution in [0.25, 0.3) is 0 Å². The minimum absolute atomic E-state index is 0.340. The van der Waals surface area contributed by atoms with Crippen molar-refractivity contribution in [3.05, 3.63) is 29.8 Å². The molecule has 0 radical (unpaired) electrons. The van der Waals surface area contributed by atoms with Gasteiger partial charge in [0.15, 0.2) is 5.96 Å². The Morgan fingerprint density at radius 2 is 1.90 bits per heavy atom. The van der Waals surface area contributed by atoms with Gasteiger partial charge in [-0.1, -0.05) is 0 Å². The molecule has 0 aromatic heterocycles. The van der Waals surface area contributed by atoms with Crippen LogP contribution in [0.5, 0.6) is 0 Å². The Balaban J connectivity index is 2.02. The summed E-state index contributed by atoms with van der Waals surface area (Å²) in [5.74, 6) is 0.105. The normalized spacial score (nSPS) is 16.3. The second-order valence-electron chi connectivity index (χ2n) is 4.90. The molecule has 0 amide bonds. The lowest BCUT2D eigenvalue weighted by atomic mass is 10.2. The maximum atomic E-state index is 13.8. The predicted molar refractivity (Wildman–Crippen MR) is 81.8 cm³/mol. The van der Waals surface area contributed by atoms with Gasteiger partial charge < -0.3 is 15.1 Å². The average molecular weight is 296 g/mol. The highest BCUT2D eigenvalue weighted by Crippen LogP contribution is 2.21. The largest absolute Gasteiger partial charge is 0.366 e. The number of guanidine groups is 1. The van der Waals surface area contributed by atoms with Crippen molar-refractivity contribution in [3.8, 4) is 0 Å². The minimum Gasteiger partial charge on any atom is -0.366 e. The zero-order valence-electron chi connectivity index (χ0n) is 12.6. The van der Waals surface area contributed by atoms with E-state index in [4.69, 9.17) is 0 Å². The van der Waals surface area contributed by atoms with Crippen molar-refractivity contribution in [3.63, 3.8) is 0 Å². The van der Waals surface area contributed by atoms with Crippen LogP contribution < -0.4 is 10.2 Å². The number of halogens is 2. The van der Waals surface area contributed by atoms with E-state index < -0.39 is 5.82 Å². The third kappa shape index (κ3) is 3.83. The van der Waals surface area contributed by atoms with Crippen LogP contribution in [0.1, 0.15) is 13.8 Å². The first-order valence-electron chi connectivity index (χ1n) is 7.39. The Kier molecular flexibility index (Phi) is 5.36. The van der Waals surface area contributed by atoms with Crippen molar-refractivity contribution in [2.24, 2.45) is 4.99 Å². The van der Waals surface area contributed by atoms with E-state index in [1.807, 2.05) is 18.7 Å². The second-order valence-corrected chi connectivity index (χ2v) is 4.90. The summed E-state index contributed by atoms with van der Waals surface area (Å²) < 4.78 is 27.1. The van der Waals surface area contributed by atoms with Crippen molar-refractivity contribution >= 4 is 11.6 Å². The standard InChI is InChI=1S/C15H22F2N4/c1-3-18-15(19-4-2)21-9-7-20(8-10-21)14-11-12(16)5-6-13(14)17/h5-6,11H,3-4,7-10H2,1-2H3,(H,18,19). The van der Waals surface area contributed by atoms with Gasteiger partial charge in [-0.15, -0.1) is 0 Å². The van der Waals surface area contributed by atoms with Gasteiger partial charge in [0.05, 0.1) is 5.69 Å². The molecule has 1 aliphatic rings. The first-order valence-corrected chi connectivity index (χ1v) is 7.39. The quantitative estimate of drug-likeness (QED) is 0.684. The summed E-state index contributed by atoms with van der Waals surface area (Å²) in [5.41, 5.74) is 0.340. The van der Waals surface area contributed by atoms with E-state index in [-0.39, 0.29) is 5.82 Å². The van der Waals surface area contributed by atoms with Crippen molar-refractivity contribution < 1.29 is 8.78 Å². The summed E-state index contributed by atoms with van der Waals surface area (Å²) in [4.78, 5) is 8.48. The lowest BCUT2D eigenvalue weighted by molar-refractivity contribution is 0.371. The fourth-order valence-electron chi connectivity index (χ4n) is 2.46. The predicted octanol–water partition coefficient (Wildman–Crippen LogP) is 2.07. The first kappa shape index (κ1) is 15.5. The van der Waals surface area contributed by atoms with Gasteiger partial charge in [0.2, 0.25) is 0 Å². The number of piperazine rings is 1. The van der Waals surface area contributed by atoms with Crippen molar-refractivity contribution in [1.82, 2.24) is 10.2 Å². The monoisotopic (exact) mass is 296 g/mol. The summed E-state index contributed by atoms with van der Waals surface area (Å²) in [5, 5.41) is 3.25. The molecule has 6 heteroatoms. The molecule has 1 aromatic rings. The topological polar surface area (TPSA) is 30.9 Å². The van der Waals surface area contributed by atoms with Crippen molar-refractivity contribution in [2.75, 3.05) is 44.2 Å². The van der Waals surface area contributed by atoms with Gasteiger partial charge in [0.25, 0.3) is 0 Å². The van der Waals surface area contributed by atoms with Crippen LogP contribution in [-0.4, -0.2) is 50.1 Å². The first-order chi connectivity index (χ1) is 10.2. The molecule has 116 valence electrons. The highest BCUT2D eigenvalue weighted by molar-refractivity contribution is 5.80. The number of benzene rings is 1. The van der Waals surface area contributed by atoms with Crippen LogP contribution in [0.4, 0.5) is 14.5 Å². The molecule has 1 heterocycles. The van der Waals surface area contributed by atoms with E-state index in [2.05, 4.69) is 15.2 Å². The molecule has 1 aromatic carbocycles. The van der Waals surface area contributed by atoms with Crippen LogP contribution in [0.3, 0.4) is 0 Å². The van der Waals surface area contributed by atoms with Crippen LogP contribution in [0.15, 0.2) is 23.2 Å². The number of hydrogen-bond donors (Lipinski definition) is 1. The van der Waals surface area contributed by atoms with Gasteiger partial charge in [-0.2, -0.15) is 0 Å². The van der Waals surface area contributed by atoms with Crippen LogP contribution in [0, 0.1) is 11.6 Å². The van der Waals surface area contributed by atoms with E-state index in [0.717, 1.165) is 38.2 Å². The van der Waals surface area contributed by atoms with Crippen molar-refractivity contribution in [2.45, 2.75) is 13.8 Å². The molecule has 0 saturated carbocycles. The van der Waals surface area contributed by atoms with Gasteiger partial charge in [-0.3, -0.25) is 4.99 Å². The third-order valence-electron chi connectivity index (χ3n) is 3.47. The Morgan fingerprint density at radius 3 is 2.52 bits per heavy atom. The van der Waals surface area contributed by atoms with Crippen LogP contribution in [-0.2, 0) is 0 Å². The van der Waals surface area contributed by atoms with Gasteiger partial charge >= 0.3 is 0 Å². The second kappa shape index (κ2) is 7.24. The molecule has 4 nitrogen and oxygen atoms in total. The number of rotatable bonds is 3. The molecule has 2 rings (SSSR count). The number of aliphatic imine (C=N–C) groups is 1. The Bertz CT molecular complexity index is 496. The molecule has 1 fully saturated rings. The Morgan fingerprint density at radius 1 is 1.19 bits per heavy atom. The number of anilines is 1. The molecule has 1 N–H and O–H groups in total. The zero-order valence-corrected chi connectivity index (χ0v) is 12.6. The average Bonchev–Trinajstić information content (AvgIpc) is 2.50. The summed E-state index contributed by atoms with van der Waals surface area (Å²) in [6.07, 6.45) is 0. The maximum absolute atomic E-state index is 13.8. The highest BCUT2D eigenvalue weighted by atomic mass is 19.1. The van der Waals surface area contributed by atoms with Gasteiger partial charge in [-0.05, 0) is 26.0 Å². The zero-order chi connectivity index (χ0) is 15.2. The maximum Gasteiger partial charge on any atom is 0.194 e. The molecular formula is C15H22F2N4.